The topological polar surface area (TPSA) is 216 Å². The van der Waals surface area contributed by atoms with Gasteiger partial charge in [0.25, 0.3) is 11.8 Å². The molecule has 5 atom stereocenters. The van der Waals surface area contributed by atoms with Crippen molar-refractivity contribution in [2.45, 2.75) is 106 Å². The second-order valence-electron chi connectivity index (χ2n) is 16.5. The number of para-hydroxylation sites is 3. The minimum Gasteiger partial charge on any atom is -0.471 e. The quantitative estimate of drug-likeness (QED) is 0.189. The summed E-state index contributed by atoms with van der Waals surface area (Å²) in [7, 11) is -4.12. The van der Waals surface area contributed by atoms with E-state index >= 15 is 8.78 Å². The van der Waals surface area contributed by atoms with E-state index in [2.05, 4.69) is 15.8 Å². The number of nitrogens with zero attached hydrogens (tertiary/aromatic N) is 4. The maximum absolute atomic E-state index is 15.5. The van der Waals surface area contributed by atoms with Crippen molar-refractivity contribution in [2.24, 2.45) is 5.92 Å². The Hall–Kier alpha value is -5.98. The molecular formula is C42H43F2N7O9S. The number of alkyl halides is 2. The third kappa shape index (κ3) is 8.26. The number of benzene rings is 2. The molecule has 0 spiro atoms. The molecule has 61 heavy (non-hydrogen) atoms. The van der Waals surface area contributed by atoms with Crippen LogP contribution in [0.2, 0.25) is 0 Å². The van der Waals surface area contributed by atoms with Gasteiger partial charge in [-0.15, -0.1) is 0 Å². The Morgan fingerprint density at radius 3 is 2.46 bits per heavy atom. The van der Waals surface area contributed by atoms with Crippen molar-refractivity contribution in [1.82, 2.24) is 35.4 Å². The smallest absolute Gasteiger partial charge is 0.274 e. The number of aromatic nitrogens is 3. The Kier molecular flexibility index (Phi) is 10.3. The number of carbonyl (C=O) groups excluding carboxylic acids is 4. The summed E-state index contributed by atoms with van der Waals surface area (Å²) in [6.07, 6.45) is -1.24. The molecule has 5 aromatic rings. The predicted octanol–water partition coefficient (Wildman–Crippen LogP) is 4.96. The highest BCUT2D eigenvalue weighted by atomic mass is 32.2. The minimum atomic E-state index is -4.12. The van der Waals surface area contributed by atoms with Crippen LogP contribution in [0.25, 0.3) is 33.5 Å². The molecule has 0 radical (unpaired) electrons. The van der Waals surface area contributed by atoms with Crippen LogP contribution in [0.1, 0.15) is 80.5 Å². The summed E-state index contributed by atoms with van der Waals surface area (Å²) < 4.78 is 76.7. The van der Waals surface area contributed by atoms with Crippen LogP contribution in [0.15, 0.2) is 69.6 Å². The van der Waals surface area contributed by atoms with Gasteiger partial charge in [0.1, 0.15) is 35.1 Å². The third-order valence-corrected chi connectivity index (χ3v) is 13.7. The molecule has 16 nitrogen and oxygen atoms in total. The summed E-state index contributed by atoms with van der Waals surface area (Å²) >= 11 is 0. The van der Waals surface area contributed by atoms with E-state index in [1.807, 2.05) is 29.0 Å². The highest BCUT2D eigenvalue weighted by molar-refractivity contribution is 7.91. The van der Waals surface area contributed by atoms with Crippen molar-refractivity contribution in [3.63, 3.8) is 0 Å². The number of sulfonamides is 1. The van der Waals surface area contributed by atoms with E-state index in [1.165, 1.54) is 11.0 Å². The number of rotatable bonds is 8. The molecule has 320 valence electrons. The number of fused-ring (bicyclic) bond motifs is 4. The Morgan fingerprint density at radius 1 is 0.967 bits per heavy atom. The van der Waals surface area contributed by atoms with Gasteiger partial charge in [0, 0.05) is 30.7 Å². The lowest BCUT2D eigenvalue weighted by molar-refractivity contribution is -0.141. The number of carbonyl (C=O) groups is 4. The van der Waals surface area contributed by atoms with Gasteiger partial charge in [0.2, 0.25) is 33.6 Å². The van der Waals surface area contributed by atoms with Crippen molar-refractivity contribution >= 4 is 55.7 Å². The Balaban J connectivity index is 1.07. The fourth-order valence-corrected chi connectivity index (χ4v) is 9.81. The lowest BCUT2D eigenvalue weighted by Gasteiger charge is -2.30. The average molecular weight is 860 g/mol. The summed E-state index contributed by atoms with van der Waals surface area (Å²) in [5.74, 6) is -6.92. The highest BCUT2D eigenvalue weighted by Crippen LogP contribution is 2.51. The van der Waals surface area contributed by atoms with Crippen LogP contribution in [-0.2, 0) is 24.4 Å². The number of nitrogens with one attached hydrogen (secondary N) is 3. The number of aryl methyl sites for hydroxylation is 1. The van der Waals surface area contributed by atoms with E-state index in [0.717, 1.165) is 5.39 Å². The van der Waals surface area contributed by atoms with Gasteiger partial charge in [-0.2, -0.15) is 0 Å². The lowest BCUT2D eigenvalue weighted by Crippen LogP contribution is -2.58. The van der Waals surface area contributed by atoms with Crippen molar-refractivity contribution in [2.75, 3.05) is 6.54 Å². The second-order valence-corrected chi connectivity index (χ2v) is 18.5. The molecule has 3 N–H and O–H groups in total. The van der Waals surface area contributed by atoms with E-state index in [4.69, 9.17) is 23.6 Å². The largest absolute Gasteiger partial charge is 0.471 e. The molecular weight excluding hydrogens is 817 g/mol. The normalized spacial score (nSPS) is 25.8. The summed E-state index contributed by atoms with van der Waals surface area (Å²) in [5.41, 5.74) is -0.155. The van der Waals surface area contributed by atoms with Gasteiger partial charge in [-0.3, -0.25) is 23.9 Å². The number of ether oxygens (including phenoxy) is 1. The van der Waals surface area contributed by atoms with Crippen LogP contribution < -0.4 is 20.1 Å². The minimum absolute atomic E-state index is 0.0453. The third-order valence-electron chi connectivity index (χ3n) is 11.9. The summed E-state index contributed by atoms with van der Waals surface area (Å²) in [5, 5.41) is 9.13. The van der Waals surface area contributed by atoms with Gasteiger partial charge in [-0.05, 0) is 69.2 Å². The average Bonchev–Trinajstić information content (AvgIpc) is 4.03. The standard InChI is InChI=1S/C42H43F2N7O9S/c1-23-17-31(49-60-23)36(52)46-30-12-3-2-8-16-41(43,44)20-25-21-42(25,40(55)50-61(56,57)27-14-15-27)48-37(53)32-19-26(22-51(32)39(30)54)58-38-35(45-28-10-5-6-11-29(28)47-38)34-18-24-9-4-7-13-33(24)59-34/h4-7,9-11,13,17-18,25-27,30,32H,2-3,8,12,14-16,19-22H2,1H3,(H,46,52)(H,48,53)(H,50,55)/t25-,26-,30+,32+,42-/m1/s1. The molecule has 4 aliphatic rings. The van der Waals surface area contributed by atoms with E-state index < -0.39 is 87.3 Å². The van der Waals surface area contributed by atoms with Crippen molar-refractivity contribution in [3.05, 3.63) is 72.1 Å². The van der Waals surface area contributed by atoms with Gasteiger partial charge in [0.15, 0.2) is 17.1 Å². The predicted molar refractivity (Wildman–Crippen MR) is 213 cm³/mol. The highest BCUT2D eigenvalue weighted by Gasteiger charge is 2.65. The van der Waals surface area contributed by atoms with E-state index in [9.17, 15) is 27.6 Å². The molecule has 2 saturated carbocycles. The molecule has 2 aromatic carbocycles. The zero-order valence-corrected chi connectivity index (χ0v) is 33.9. The van der Waals surface area contributed by atoms with Crippen LogP contribution in [0.3, 0.4) is 0 Å². The molecule has 2 saturated heterocycles. The number of hydrogen-bond acceptors (Lipinski definition) is 12. The zero-order valence-electron chi connectivity index (χ0n) is 33.1. The molecule has 0 unspecified atom stereocenters. The molecule has 0 bridgehead atoms. The van der Waals surface area contributed by atoms with Gasteiger partial charge in [-0.25, -0.2) is 27.2 Å². The van der Waals surface area contributed by atoms with Crippen LogP contribution in [-0.4, -0.2) is 93.5 Å². The second kappa shape index (κ2) is 15.5. The van der Waals surface area contributed by atoms with Crippen LogP contribution in [0.4, 0.5) is 8.78 Å². The van der Waals surface area contributed by atoms with E-state index in [1.54, 1.807) is 37.3 Å². The molecule has 4 fully saturated rings. The first-order valence-electron chi connectivity index (χ1n) is 20.4. The van der Waals surface area contributed by atoms with E-state index in [-0.39, 0.29) is 62.3 Å². The zero-order chi connectivity index (χ0) is 42.7. The first kappa shape index (κ1) is 40.4. The summed E-state index contributed by atoms with van der Waals surface area (Å²) in [6.45, 7) is 1.40. The molecule has 2 aliphatic carbocycles. The monoisotopic (exact) mass is 859 g/mol. The Labute approximate surface area is 348 Å². The van der Waals surface area contributed by atoms with Crippen molar-refractivity contribution in [3.8, 4) is 17.3 Å². The fourth-order valence-electron chi connectivity index (χ4n) is 8.44. The Morgan fingerprint density at radius 2 is 1.72 bits per heavy atom. The Bertz CT molecular complexity index is 2630. The first-order valence-corrected chi connectivity index (χ1v) is 22.0. The molecule has 2 aliphatic heterocycles. The molecule has 3 aromatic heterocycles. The molecule has 9 rings (SSSR count). The number of halogens is 2. The summed E-state index contributed by atoms with van der Waals surface area (Å²) in [6, 6.07) is 15.1. The van der Waals surface area contributed by atoms with Gasteiger partial charge < -0.3 is 29.2 Å². The maximum atomic E-state index is 15.5. The number of furan rings is 1. The molecule has 4 amide bonds. The van der Waals surface area contributed by atoms with Gasteiger partial charge >= 0.3 is 0 Å². The van der Waals surface area contributed by atoms with Crippen LogP contribution >= 0.6 is 0 Å². The maximum Gasteiger partial charge on any atom is 0.274 e. The fraction of sp³-hybridized carbons (Fsp3) is 0.452. The van der Waals surface area contributed by atoms with Crippen molar-refractivity contribution in [1.29, 1.82) is 0 Å². The summed E-state index contributed by atoms with van der Waals surface area (Å²) in [4.78, 5) is 67.4. The number of amides is 4. The lowest BCUT2D eigenvalue weighted by atomic mass is 10.00. The van der Waals surface area contributed by atoms with Crippen LogP contribution in [0, 0.1) is 12.8 Å². The van der Waals surface area contributed by atoms with Gasteiger partial charge in [0.05, 0.1) is 22.8 Å². The molecule has 19 heteroatoms. The van der Waals surface area contributed by atoms with Crippen molar-refractivity contribution < 1.29 is 50.1 Å². The SMILES string of the molecule is Cc1cc(C(=O)N[C@H]2CCCCCC(F)(F)C[C@@H]3C[C@@]3(C(=O)NS(=O)(=O)C3CC3)NC(=O)[C@@H]3C[C@@H](Oc4nc5ccccc5nc4-c4cc5ccccc5o4)CN3C2=O)no1. The van der Waals surface area contributed by atoms with Crippen LogP contribution in [0.5, 0.6) is 5.88 Å². The number of hydrogen-bond donors (Lipinski definition) is 3. The van der Waals surface area contributed by atoms with E-state index in [0.29, 0.717) is 41.0 Å². The first-order chi connectivity index (χ1) is 29.2. The van der Waals surface area contributed by atoms with Gasteiger partial charge in [-0.1, -0.05) is 48.3 Å². The molecule has 5 heterocycles.